The molecule has 0 heterocycles. The van der Waals surface area contributed by atoms with Crippen LogP contribution in [-0.2, 0) is 20.9 Å². The van der Waals surface area contributed by atoms with E-state index in [0.29, 0.717) is 5.56 Å². The van der Waals surface area contributed by atoms with Gasteiger partial charge in [-0.3, -0.25) is 0 Å². The number of carbonyl (C=O) groups excluding carboxylic acids is 2. The molecule has 2 rings (SSSR count). The molecule has 4 heteroatoms. The molecule has 0 saturated carbocycles. The molecule has 0 spiro atoms. The molecule has 0 aliphatic carbocycles. The summed E-state index contributed by atoms with van der Waals surface area (Å²) in [7, 11) is 1.33. The van der Waals surface area contributed by atoms with Gasteiger partial charge in [0.15, 0.2) is 0 Å². The Bertz CT molecular complexity index is 714. The first-order valence-electron chi connectivity index (χ1n) is 7.17. The van der Waals surface area contributed by atoms with Crippen molar-refractivity contribution in [2.75, 3.05) is 7.11 Å². The summed E-state index contributed by atoms with van der Waals surface area (Å²) < 4.78 is 9.79. The van der Waals surface area contributed by atoms with E-state index in [1.54, 1.807) is 30.3 Å². The quantitative estimate of drug-likeness (QED) is 0.626. The number of esters is 2. The lowest BCUT2D eigenvalue weighted by molar-refractivity contribution is -0.138. The molecule has 2 aromatic rings. The zero-order valence-electron chi connectivity index (χ0n) is 13.1. The molecule has 0 radical (unpaired) electrons. The van der Waals surface area contributed by atoms with E-state index in [4.69, 9.17) is 4.74 Å². The van der Waals surface area contributed by atoms with Crippen molar-refractivity contribution in [1.82, 2.24) is 0 Å². The minimum Gasteiger partial charge on any atom is -0.465 e. The minimum atomic E-state index is -0.413. The first-order chi connectivity index (χ1) is 11.1. The zero-order chi connectivity index (χ0) is 16.7. The van der Waals surface area contributed by atoms with Gasteiger partial charge in [-0.05, 0) is 36.3 Å². The van der Waals surface area contributed by atoms with Crippen LogP contribution in [0.1, 0.15) is 27.0 Å². The number of benzene rings is 2. The van der Waals surface area contributed by atoms with Gasteiger partial charge < -0.3 is 9.47 Å². The van der Waals surface area contributed by atoms with Crippen LogP contribution in [-0.4, -0.2) is 19.0 Å². The standard InChI is InChI=1S/C19H18O4/c1-14-4-3-5-15(12-14)8-11-18(20)23-13-16-6-9-17(10-7-16)19(21)22-2/h3-12H,13H2,1-2H3/b11-8+. The Morgan fingerprint density at radius 2 is 1.83 bits per heavy atom. The predicted octanol–water partition coefficient (Wildman–Crippen LogP) is 3.54. The normalized spacial score (nSPS) is 10.5. The van der Waals surface area contributed by atoms with Gasteiger partial charge in [0, 0.05) is 6.08 Å². The molecular weight excluding hydrogens is 292 g/mol. The summed E-state index contributed by atoms with van der Waals surface area (Å²) in [6, 6.07) is 14.6. The number of hydrogen-bond donors (Lipinski definition) is 0. The first kappa shape index (κ1) is 16.5. The van der Waals surface area contributed by atoms with E-state index >= 15 is 0 Å². The van der Waals surface area contributed by atoms with E-state index in [1.807, 2.05) is 31.2 Å². The third-order valence-electron chi connectivity index (χ3n) is 3.21. The SMILES string of the molecule is COC(=O)c1ccc(COC(=O)/C=C/c2cccc(C)c2)cc1. The molecule has 0 fully saturated rings. The monoisotopic (exact) mass is 310 g/mol. The van der Waals surface area contributed by atoms with Gasteiger partial charge in [0.05, 0.1) is 12.7 Å². The highest BCUT2D eigenvalue weighted by atomic mass is 16.5. The van der Waals surface area contributed by atoms with E-state index in [1.165, 1.54) is 13.2 Å². The van der Waals surface area contributed by atoms with Gasteiger partial charge in [0.2, 0.25) is 0 Å². The van der Waals surface area contributed by atoms with E-state index in [2.05, 4.69) is 4.74 Å². The number of ether oxygens (including phenoxy) is 2. The van der Waals surface area contributed by atoms with Crippen LogP contribution in [0, 0.1) is 6.92 Å². The summed E-state index contributed by atoms with van der Waals surface area (Å²) >= 11 is 0. The van der Waals surface area contributed by atoms with Crippen molar-refractivity contribution in [3.05, 3.63) is 76.9 Å². The summed E-state index contributed by atoms with van der Waals surface area (Å²) in [6.07, 6.45) is 3.12. The smallest absolute Gasteiger partial charge is 0.337 e. The second-order valence-electron chi connectivity index (χ2n) is 5.04. The van der Waals surface area contributed by atoms with Crippen LogP contribution in [0.4, 0.5) is 0 Å². The topological polar surface area (TPSA) is 52.6 Å². The average molecular weight is 310 g/mol. The number of carbonyl (C=O) groups is 2. The highest BCUT2D eigenvalue weighted by Crippen LogP contribution is 2.08. The van der Waals surface area contributed by atoms with E-state index in [9.17, 15) is 9.59 Å². The fourth-order valence-electron chi connectivity index (χ4n) is 2.00. The van der Waals surface area contributed by atoms with Gasteiger partial charge in [-0.25, -0.2) is 9.59 Å². The van der Waals surface area contributed by atoms with E-state index in [0.717, 1.165) is 16.7 Å². The second kappa shape index (κ2) is 7.94. The molecule has 0 aliphatic heterocycles. The lowest BCUT2D eigenvalue weighted by Gasteiger charge is -2.04. The van der Waals surface area contributed by atoms with Crippen molar-refractivity contribution in [1.29, 1.82) is 0 Å². The summed E-state index contributed by atoms with van der Waals surface area (Å²) in [4.78, 5) is 23.0. The number of hydrogen-bond acceptors (Lipinski definition) is 4. The largest absolute Gasteiger partial charge is 0.465 e. The van der Waals surface area contributed by atoms with E-state index < -0.39 is 11.9 Å². The maximum atomic E-state index is 11.7. The summed E-state index contributed by atoms with van der Waals surface area (Å²) in [5.41, 5.74) is 3.34. The van der Waals surface area contributed by atoms with Crippen molar-refractivity contribution in [2.24, 2.45) is 0 Å². The molecule has 0 saturated heterocycles. The Hall–Kier alpha value is -2.88. The van der Waals surface area contributed by atoms with Gasteiger partial charge in [-0.15, -0.1) is 0 Å². The molecule has 23 heavy (non-hydrogen) atoms. The summed E-state index contributed by atoms with van der Waals surface area (Å²) in [6.45, 7) is 2.14. The molecule has 0 amide bonds. The molecular formula is C19H18O4. The van der Waals surface area contributed by atoms with Crippen molar-refractivity contribution >= 4 is 18.0 Å². The third-order valence-corrected chi connectivity index (χ3v) is 3.21. The Labute approximate surface area is 135 Å². The van der Waals surface area contributed by atoms with Gasteiger partial charge in [0.1, 0.15) is 6.61 Å². The first-order valence-corrected chi connectivity index (χ1v) is 7.17. The minimum absolute atomic E-state index is 0.151. The maximum Gasteiger partial charge on any atom is 0.337 e. The number of rotatable bonds is 5. The van der Waals surface area contributed by atoms with Crippen molar-refractivity contribution in [3.63, 3.8) is 0 Å². The van der Waals surface area contributed by atoms with Gasteiger partial charge in [-0.2, -0.15) is 0 Å². The molecule has 0 unspecified atom stereocenters. The van der Waals surface area contributed by atoms with Gasteiger partial charge in [-0.1, -0.05) is 42.0 Å². The Morgan fingerprint density at radius 3 is 2.48 bits per heavy atom. The highest BCUT2D eigenvalue weighted by Gasteiger charge is 2.05. The summed E-state index contributed by atoms with van der Waals surface area (Å²) in [5, 5.41) is 0. The van der Waals surface area contributed by atoms with Crippen LogP contribution < -0.4 is 0 Å². The maximum absolute atomic E-state index is 11.7. The summed E-state index contributed by atoms with van der Waals surface area (Å²) in [5.74, 6) is -0.807. The van der Waals surface area contributed by atoms with E-state index in [-0.39, 0.29) is 6.61 Å². The lowest BCUT2D eigenvalue weighted by atomic mass is 10.1. The van der Waals surface area contributed by atoms with Crippen LogP contribution in [0.25, 0.3) is 6.08 Å². The fraction of sp³-hybridized carbons (Fsp3) is 0.158. The Morgan fingerprint density at radius 1 is 1.09 bits per heavy atom. The third kappa shape index (κ3) is 5.11. The highest BCUT2D eigenvalue weighted by molar-refractivity contribution is 5.89. The average Bonchev–Trinajstić information content (AvgIpc) is 2.58. The molecule has 0 atom stereocenters. The van der Waals surface area contributed by atoms with Crippen LogP contribution in [0.15, 0.2) is 54.6 Å². The Kier molecular flexibility index (Phi) is 5.69. The van der Waals surface area contributed by atoms with Crippen LogP contribution in [0.3, 0.4) is 0 Å². The van der Waals surface area contributed by atoms with Crippen LogP contribution >= 0.6 is 0 Å². The Balaban J connectivity index is 1.88. The molecule has 0 aromatic heterocycles. The zero-order valence-corrected chi connectivity index (χ0v) is 13.1. The molecule has 118 valence electrons. The second-order valence-corrected chi connectivity index (χ2v) is 5.04. The van der Waals surface area contributed by atoms with Gasteiger partial charge >= 0.3 is 11.9 Å². The van der Waals surface area contributed by atoms with Crippen molar-refractivity contribution in [3.8, 4) is 0 Å². The molecule has 4 nitrogen and oxygen atoms in total. The number of aryl methyl sites for hydroxylation is 1. The molecule has 0 N–H and O–H groups in total. The van der Waals surface area contributed by atoms with Crippen LogP contribution in [0.2, 0.25) is 0 Å². The molecule has 0 bridgehead atoms. The van der Waals surface area contributed by atoms with Crippen molar-refractivity contribution < 1.29 is 19.1 Å². The fourth-order valence-corrected chi connectivity index (χ4v) is 2.00. The van der Waals surface area contributed by atoms with Gasteiger partial charge in [0.25, 0.3) is 0 Å². The van der Waals surface area contributed by atoms with Crippen molar-refractivity contribution in [2.45, 2.75) is 13.5 Å². The van der Waals surface area contributed by atoms with Crippen LogP contribution in [0.5, 0.6) is 0 Å². The molecule has 0 aliphatic rings. The molecule has 2 aromatic carbocycles. The lowest BCUT2D eigenvalue weighted by Crippen LogP contribution is -2.03. The number of methoxy groups -OCH3 is 1. The predicted molar refractivity (Wildman–Crippen MR) is 87.8 cm³/mol.